The van der Waals surface area contributed by atoms with E-state index in [0.717, 1.165) is 29.9 Å². The van der Waals surface area contributed by atoms with Gasteiger partial charge in [-0.2, -0.15) is 5.26 Å². The van der Waals surface area contributed by atoms with Gasteiger partial charge in [-0.05, 0) is 57.2 Å². The molecule has 0 aliphatic carbocycles. The van der Waals surface area contributed by atoms with Crippen LogP contribution in [0.2, 0.25) is 0 Å². The van der Waals surface area contributed by atoms with Gasteiger partial charge in [-0.3, -0.25) is 4.79 Å². The lowest BCUT2D eigenvalue weighted by Gasteiger charge is -2.12. The highest BCUT2D eigenvalue weighted by molar-refractivity contribution is 6.01. The summed E-state index contributed by atoms with van der Waals surface area (Å²) in [5.41, 5.74) is 3.18. The normalized spacial score (nSPS) is 13.0. The first-order valence-electron chi connectivity index (χ1n) is 8.50. The molecule has 1 heterocycles. The summed E-state index contributed by atoms with van der Waals surface area (Å²) in [6, 6.07) is 3.82. The number of nitrogens with one attached hydrogen (secondary N) is 1. The highest BCUT2D eigenvalue weighted by Crippen LogP contribution is 2.19. The molecule has 5 heteroatoms. The number of carbonyl (C=O) groups excluding carboxylic acids is 1. The minimum Gasteiger partial charge on any atom is -0.396 e. The average molecular weight is 331 g/mol. The molecule has 24 heavy (non-hydrogen) atoms. The van der Waals surface area contributed by atoms with Crippen LogP contribution in [0, 0.1) is 31.1 Å². The fraction of sp³-hybridized carbons (Fsp3) is 0.579. The Hall–Kier alpha value is -2.06. The van der Waals surface area contributed by atoms with Crippen molar-refractivity contribution >= 4 is 12.0 Å². The minimum absolute atomic E-state index is 0.00402. The van der Waals surface area contributed by atoms with Crippen LogP contribution >= 0.6 is 0 Å². The van der Waals surface area contributed by atoms with Crippen molar-refractivity contribution < 1.29 is 9.90 Å². The molecular weight excluding hydrogens is 302 g/mol. The van der Waals surface area contributed by atoms with E-state index in [-0.39, 0.29) is 18.2 Å². The van der Waals surface area contributed by atoms with Gasteiger partial charge < -0.3 is 15.0 Å². The molecule has 1 aromatic heterocycles. The predicted octanol–water partition coefficient (Wildman–Crippen LogP) is 2.95. The maximum Gasteiger partial charge on any atom is 0.262 e. The lowest BCUT2D eigenvalue weighted by molar-refractivity contribution is -0.117. The zero-order valence-corrected chi connectivity index (χ0v) is 15.4. The highest BCUT2D eigenvalue weighted by Gasteiger charge is 2.14. The van der Waals surface area contributed by atoms with E-state index in [0.29, 0.717) is 12.3 Å². The molecule has 132 valence electrons. The van der Waals surface area contributed by atoms with E-state index in [9.17, 15) is 10.1 Å². The van der Waals surface area contributed by atoms with Crippen molar-refractivity contribution in [2.24, 2.45) is 5.92 Å². The van der Waals surface area contributed by atoms with E-state index in [1.807, 2.05) is 26.0 Å². The molecule has 1 rings (SSSR count). The summed E-state index contributed by atoms with van der Waals surface area (Å²) >= 11 is 0. The highest BCUT2D eigenvalue weighted by atomic mass is 16.3. The van der Waals surface area contributed by atoms with E-state index < -0.39 is 5.91 Å². The van der Waals surface area contributed by atoms with Gasteiger partial charge in [0.15, 0.2) is 0 Å². The molecular formula is C19H29N3O2. The van der Waals surface area contributed by atoms with E-state index in [4.69, 9.17) is 5.11 Å². The summed E-state index contributed by atoms with van der Waals surface area (Å²) in [4.78, 5) is 12.2. The zero-order chi connectivity index (χ0) is 18.3. The Balaban J connectivity index is 2.99. The van der Waals surface area contributed by atoms with Crippen LogP contribution in [0.4, 0.5) is 0 Å². The summed E-state index contributed by atoms with van der Waals surface area (Å²) in [7, 11) is 0. The molecule has 0 spiro atoms. The molecule has 0 aliphatic rings. The number of rotatable bonds is 8. The van der Waals surface area contributed by atoms with Crippen molar-refractivity contribution in [2.45, 2.75) is 60.0 Å². The van der Waals surface area contributed by atoms with Crippen LogP contribution in [0.15, 0.2) is 11.6 Å². The summed E-state index contributed by atoms with van der Waals surface area (Å²) in [6.45, 7) is 11.2. The molecule has 0 saturated heterocycles. The van der Waals surface area contributed by atoms with Gasteiger partial charge >= 0.3 is 0 Å². The first kappa shape index (κ1) is 20.0. The zero-order valence-electron chi connectivity index (χ0n) is 15.4. The number of aryl methyl sites for hydroxylation is 1. The Morgan fingerprint density at radius 1 is 1.38 bits per heavy atom. The van der Waals surface area contributed by atoms with E-state index in [1.54, 1.807) is 13.0 Å². The monoisotopic (exact) mass is 331 g/mol. The second-order valence-corrected chi connectivity index (χ2v) is 6.72. The Labute approximate surface area is 145 Å². The van der Waals surface area contributed by atoms with Gasteiger partial charge in [-0.15, -0.1) is 0 Å². The third kappa shape index (κ3) is 5.54. The van der Waals surface area contributed by atoms with Gasteiger partial charge in [-0.25, -0.2) is 0 Å². The number of hydrogen-bond donors (Lipinski definition) is 2. The quantitative estimate of drug-likeness (QED) is 0.568. The lowest BCUT2D eigenvalue weighted by Crippen LogP contribution is -2.33. The van der Waals surface area contributed by atoms with Crippen molar-refractivity contribution in [3.05, 3.63) is 28.6 Å². The van der Waals surface area contributed by atoms with Gasteiger partial charge in [0.2, 0.25) is 0 Å². The van der Waals surface area contributed by atoms with Crippen molar-refractivity contribution in [1.82, 2.24) is 9.88 Å². The smallest absolute Gasteiger partial charge is 0.262 e. The summed E-state index contributed by atoms with van der Waals surface area (Å²) in [5.74, 6) is 0.226. The average Bonchev–Trinajstić information content (AvgIpc) is 2.76. The van der Waals surface area contributed by atoms with Crippen LogP contribution in [-0.4, -0.2) is 28.2 Å². The molecule has 0 radical (unpaired) electrons. The first-order valence-corrected chi connectivity index (χ1v) is 8.50. The Bertz CT molecular complexity index is 636. The third-order valence-corrected chi connectivity index (χ3v) is 4.15. The molecule has 1 atom stereocenters. The Morgan fingerprint density at radius 2 is 2.04 bits per heavy atom. The summed E-state index contributed by atoms with van der Waals surface area (Å²) in [6.07, 6.45) is 3.20. The first-order chi connectivity index (χ1) is 11.3. The Morgan fingerprint density at radius 3 is 2.58 bits per heavy atom. The topological polar surface area (TPSA) is 78.1 Å². The number of aliphatic hydroxyl groups excluding tert-OH is 1. The standard InChI is InChI=1S/C19H29N3O2/c1-13(2)6-8-22-15(4)10-17(16(22)5)11-18(12-20)19(24)21-14(3)7-9-23/h10-11,13-14,23H,6-9H2,1-5H3,(H,21,24)/b18-11-. The largest absolute Gasteiger partial charge is 0.396 e. The molecule has 5 nitrogen and oxygen atoms in total. The number of nitrogens with zero attached hydrogens (tertiary/aromatic N) is 2. The number of hydrogen-bond acceptors (Lipinski definition) is 3. The molecule has 1 unspecified atom stereocenters. The van der Waals surface area contributed by atoms with Gasteiger partial charge in [0, 0.05) is 30.6 Å². The Kier molecular flexibility index (Phi) is 7.73. The second-order valence-electron chi connectivity index (χ2n) is 6.72. The van der Waals surface area contributed by atoms with Crippen LogP contribution in [-0.2, 0) is 11.3 Å². The molecule has 0 aliphatic heterocycles. The van der Waals surface area contributed by atoms with Crippen molar-refractivity contribution in [1.29, 1.82) is 5.26 Å². The van der Waals surface area contributed by atoms with Gasteiger partial charge in [0.1, 0.15) is 11.6 Å². The fourth-order valence-corrected chi connectivity index (χ4v) is 2.58. The number of amides is 1. The maximum absolute atomic E-state index is 12.2. The SMILES string of the molecule is Cc1cc(/C=C(/C#N)C(=O)NC(C)CCO)c(C)n1CCC(C)C. The van der Waals surface area contributed by atoms with Gasteiger partial charge in [-0.1, -0.05) is 13.8 Å². The third-order valence-electron chi connectivity index (χ3n) is 4.15. The summed E-state index contributed by atoms with van der Waals surface area (Å²) < 4.78 is 2.23. The number of carbonyl (C=O) groups is 1. The number of nitriles is 1. The molecule has 0 bridgehead atoms. The number of aromatic nitrogens is 1. The number of aliphatic hydroxyl groups is 1. The van der Waals surface area contributed by atoms with E-state index in [1.165, 1.54) is 0 Å². The molecule has 1 amide bonds. The van der Waals surface area contributed by atoms with E-state index in [2.05, 4.69) is 23.7 Å². The van der Waals surface area contributed by atoms with Gasteiger partial charge in [0.25, 0.3) is 5.91 Å². The predicted molar refractivity (Wildman–Crippen MR) is 96.3 cm³/mol. The van der Waals surface area contributed by atoms with Crippen molar-refractivity contribution in [3.63, 3.8) is 0 Å². The molecule has 0 saturated carbocycles. The second kappa shape index (κ2) is 9.29. The summed E-state index contributed by atoms with van der Waals surface area (Å²) in [5, 5.41) is 21.0. The van der Waals surface area contributed by atoms with Crippen LogP contribution in [0.1, 0.15) is 50.6 Å². The molecule has 0 fully saturated rings. The maximum atomic E-state index is 12.2. The van der Waals surface area contributed by atoms with Gasteiger partial charge in [0.05, 0.1) is 0 Å². The van der Waals surface area contributed by atoms with Crippen molar-refractivity contribution in [3.8, 4) is 6.07 Å². The van der Waals surface area contributed by atoms with E-state index >= 15 is 0 Å². The molecule has 0 aromatic carbocycles. The molecule has 2 N–H and O–H groups in total. The van der Waals surface area contributed by atoms with Crippen molar-refractivity contribution in [2.75, 3.05) is 6.61 Å². The van der Waals surface area contributed by atoms with Crippen LogP contribution < -0.4 is 5.32 Å². The van der Waals surface area contributed by atoms with Crippen LogP contribution in [0.25, 0.3) is 6.08 Å². The lowest BCUT2D eigenvalue weighted by atomic mass is 10.1. The fourth-order valence-electron chi connectivity index (χ4n) is 2.58. The van der Waals surface area contributed by atoms with Crippen LogP contribution in [0.3, 0.4) is 0 Å². The molecule has 1 aromatic rings. The minimum atomic E-state index is -0.398. The van der Waals surface area contributed by atoms with Crippen LogP contribution in [0.5, 0.6) is 0 Å².